The fourth-order valence-electron chi connectivity index (χ4n) is 1.56. The first-order chi connectivity index (χ1) is 8.34. The molecular weight excluding hydrogens is 212 g/mol. The summed E-state index contributed by atoms with van der Waals surface area (Å²) in [5, 5.41) is 0. The van der Waals surface area contributed by atoms with Crippen LogP contribution in [0.25, 0.3) is 0 Å². The monoisotopic (exact) mass is 228 g/mol. The van der Waals surface area contributed by atoms with Crippen LogP contribution >= 0.6 is 0 Å². The van der Waals surface area contributed by atoms with E-state index >= 15 is 0 Å². The van der Waals surface area contributed by atoms with E-state index in [1.165, 1.54) is 5.56 Å². The average molecular weight is 228 g/mol. The standard InChI is InChI=1S/C14H16N2O/c1-12-4-6-14(7-5-12)17-8-2-3-13-9-15-11-16-10-13/h4-7,9-11H,2-3,8H2,1H3. The van der Waals surface area contributed by atoms with E-state index in [1.54, 1.807) is 6.33 Å². The van der Waals surface area contributed by atoms with Crippen LogP contribution in [-0.2, 0) is 6.42 Å². The van der Waals surface area contributed by atoms with Crippen LogP contribution in [0.3, 0.4) is 0 Å². The van der Waals surface area contributed by atoms with E-state index in [4.69, 9.17) is 4.74 Å². The van der Waals surface area contributed by atoms with E-state index in [1.807, 2.05) is 24.5 Å². The zero-order valence-electron chi connectivity index (χ0n) is 9.97. The van der Waals surface area contributed by atoms with Crippen molar-refractivity contribution in [1.29, 1.82) is 0 Å². The van der Waals surface area contributed by atoms with Crippen LogP contribution in [0.5, 0.6) is 5.75 Å². The van der Waals surface area contributed by atoms with E-state index in [9.17, 15) is 0 Å². The van der Waals surface area contributed by atoms with Gasteiger partial charge in [-0.05, 0) is 37.5 Å². The summed E-state index contributed by atoms with van der Waals surface area (Å²) in [4.78, 5) is 7.96. The quantitative estimate of drug-likeness (QED) is 0.738. The van der Waals surface area contributed by atoms with Crippen LogP contribution in [0, 0.1) is 6.92 Å². The van der Waals surface area contributed by atoms with Crippen LogP contribution < -0.4 is 4.74 Å². The first kappa shape index (κ1) is 11.6. The third-order valence-corrected chi connectivity index (χ3v) is 2.51. The maximum absolute atomic E-state index is 5.64. The minimum atomic E-state index is 0.720. The Morgan fingerprint density at radius 3 is 2.47 bits per heavy atom. The summed E-state index contributed by atoms with van der Waals surface area (Å²) >= 11 is 0. The number of aromatic nitrogens is 2. The number of nitrogens with zero attached hydrogens (tertiary/aromatic N) is 2. The number of aryl methyl sites for hydroxylation is 2. The van der Waals surface area contributed by atoms with Gasteiger partial charge in [0.15, 0.2) is 0 Å². The molecule has 0 fully saturated rings. The Hall–Kier alpha value is -1.90. The highest BCUT2D eigenvalue weighted by Gasteiger charge is 1.95. The number of rotatable bonds is 5. The average Bonchev–Trinajstić information content (AvgIpc) is 2.38. The molecule has 0 atom stereocenters. The van der Waals surface area contributed by atoms with Crippen molar-refractivity contribution in [2.24, 2.45) is 0 Å². The normalized spacial score (nSPS) is 10.2. The van der Waals surface area contributed by atoms with Gasteiger partial charge in [0.25, 0.3) is 0 Å². The molecule has 3 nitrogen and oxygen atoms in total. The summed E-state index contributed by atoms with van der Waals surface area (Å²) < 4.78 is 5.64. The van der Waals surface area contributed by atoms with Crippen molar-refractivity contribution in [2.45, 2.75) is 19.8 Å². The molecule has 0 radical (unpaired) electrons. The van der Waals surface area contributed by atoms with E-state index in [0.717, 1.165) is 30.8 Å². The van der Waals surface area contributed by atoms with Gasteiger partial charge in [0, 0.05) is 12.4 Å². The molecule has 0 aliphatic rings. The summed E-state index contributed by atoms with van der Waals surface area (Å²) in [7, 11) is 0. The van der Waals surface area contributed by atoms with Crippen molar-refractivity contribution in [3.05, 3.63) is 54.1 Å². The van der Waals surface area contributed by atoms with Crippen LogP contribution in [0.2, 0.25) is 0 Å². The molecule has 3 heteroatoms. The molecule has 0 saturated carbocycles. The van der Waals surface area contributed by atoms with Crippen molar-refractivity contribution in [1.82, 2.24) is 9.97 Å². The third kappa shape index (κ3) is 3.87. The highest BCUT2D eigenvalue weighted by atomic mass is 16.5. The van der Waals surface area contributed by atoms with E-state index in [-0.39, 0.29) is 0 Å². The molecular formula is C14H16N2O. The first-order valence-electron chi connectivity index (χ1n) is 5.78. The Kier molecular flexibility index (Phi) is 4.08. The lowest BCUT2D eigenvalue weighted by Crippen LogP contribution is -1.99. The predicted molar refractivity (Wildman–Crippen MR) is 67.0 cm³/mol. The molecule has 2 rings (SSSR count). The van der Waals surface area contributed by atoms with Crippen molar-refractivity contribution in [3.8, 4) is 5.75 Å². The number of hydrogen-bond donors (Lipinski definition) is 0. The van der Waals surface area contributed by atoms with Gasteiger partial charge in [-0.2, -0.15) is 0 Å². The van der Waals surface area contributed by atoms with Crippen molar-refractivity contribution in [2.75, 3.05) is 6.61 Å². The lowest BCUT2D eigenvalue weighted by atomic mass is 10.2. The zero-order chi connectivity index (χ0) is 11.9. The predicted octanol–water partition coefficient (Wildman–Crippen LogP) is 2.80. The van der Waals surface area contributed by atoms with E-state index < -0.39 is 0 Å². The Bertz CT molecular complexity index is 440. The Morgan fingerprint density at radius 2 is 1.76 bits per heavy atom. The molecule has 0 spiro atoms. The molecule has 17 heavy (non-hydrogen) atoms. The van der Waals surface area contributed by atoms with Crippen LogP contribution in [0.1, 0.15) is 17.5 Å². The lowest BCUT2D eigenvalue weighted by molar-refractivity contribution is 0.311. The first-order valence-corrected chi connectivity index (χ1v) is 5.78. The molecule has 0 aliphatic heterocycles. The van der Waals surface area contributed by atoms with Gasteiger partial charge >= 0.3 is 0 Å². The van der Waals surface area contributed by atoms with Crippen LogP contribution in [-0.4, -0.2) is 16.6 Å². The molecule has 2 aromatic rings. The second-order valence-electron chi connectivity index (χ2n) is 4.01. The van der Waals surface area contributed by atoms with Gasteiger partial charge in [-0.25, -0.2) is 9.97 Å². The summed E-state index contributed by atoms with van der Waals surface area (Å²) in [5.74, 6) is 0.930. The molecule has 0 aliphatic carbocycles. The zero-order valence-corrected chi connectivity index (χ0v) is 9.97. The topological polar surface area (TPSA) is 35.0 Å². The van der Waals surface area contributed by atoms with Crippen molar-refractivity contribution < 1.29 is 4.74 Å². The second-order valence-corrected chi connectivity index (χ2v) is 4.01. The van der Waals surface area contributed by atoms with Crippen LogP contribution in [0.15, 0.2) is 43.0 Å². The summed E-state index contributed by atoms with van der Waals surface area (Å²) in [6, 6.07) is 8.11. The fourth-order valence-corrected chi connectivity index (χ4v) is 1.56. The highest BCUT2D eigenvalue weighted by Crippen LogP contribution is 2.11. The van der Waals surface area contributed by atoms with Crippen LogP contribution in [0.4, 0.5) is 0 Å². The van der Waals surface area contributed by atoms with Gasteiger partial charge in [0.2, 0.25) is 0 Å². The Balaban J connectivity index is 1.71. The van der Waals surface area contributed by atoms with Gasteiger partial charge < -0.3 is 4.74 Å². The smallest absolute Gasteiger partial charge is 0.119 e. The van der Waals surface area contributed by atoms with Gasteiger partial charge in [-0.3, -0.25) is 0 Å². The molecule has 0 saturated heterocycles. The molecule has 88 valence electrons. The SMILES string of the molecule is Cc1ccc(OCCCc2cncnc2)cc1. The Labute approximate surface area is 102 Å². The number of hydrogen-bond acceptors (Lipinski definition) is 3. The lowest BCUT2D eigenvalue weighted by Gasteiger charge is -2.06. The van der Waals surface area contributed by atoms with Crippen molar-refractivity contribution in [3.63, 3.8) is 0 Å². The minimum absolute atomic E-state index is 0.720. The van der Waals surface area contributed by atoms with Gasteiger partial charge in [-0.15, -0.1) is 0 Å². The van der Waals surface area contributed by atoms with Gasteiger partial charge in [0.05, 0.1) is 6.61 Å². The summed E-state index contributed by atoms with van der Waals surface area (Å²) in [5.41, 5.74) is 2.40. The Morgan fingerprint density at radius 1 is 1.06 bits per heavy atom. The van der Waals surface area contributed by atoms with Crippen molar-refractivity contribution >= 4 is 0 Å². The third-order valence-electron chi connectivity index (χ3n) is 2.51. The maximum Gasteiger partial charge on any atom is 0.119 e. The number of benzene rings is 1. The number of ether oxygens (including phenoxy) is 1. The summed E-state index contributed by atoms with van der Waals surface area (Å²) in [6.45, 7) is 2.79. The maximum atomic E-state index is 5.64. The van der Waals surface area contributed by atoms with Gasteiger partial charge in [-0.1, -0.05) is 17.7 Å². The van der Waals surface area contributed by atoms with Gasteiger partial charge in [0.1, 0.15) is 12.1 Å². The molecule has 0 unspecified atom stereocenters. The molecule has 0 amide bonds. The highest BCUT2D eigenvalue weighted by molar-refractivity contribution is 5.26. The molecule has 1 heterocycles. The fraction of sp³-hybridized carbons (Fsp3) is 0.286. The van der Waals surface area contributed by atoms with E-state index in [2.05, 4.69) is 29.0 Å². The molecule has 1 aromatic heterocycles. The molecule has 0 N–H and O–H groups in total. The largest absolute Gasteiger partial charge is 0.494 e. The van der Waals surface area contributed by atoms with E-state index in [0.29, 0.717) is 0 Å². The summed E-state index contributed by atoms with van der Waals surface area (Å²) in [6.07, 6.45) is 7.16. The molecule has 0 bridgehead atoms. The minimum Gasteiger partial charge on any atom is -0.494 e. The second kappa shape index (κ2) is 5.99. The molecule has 1 aromatic carbocycles.